The van der Waals surface area contributed by atoms with Crippen molar-refractivity contribution in [2.75, 3.05) is 10.2 Å². The SMILES string of the molecule is O=C(Nc1cnccc1CC1CC12NC(=O)N(c1ccc(S(=O)(=O)C(F)(F)F)cc1)C2=O)Oc1ccccc1. The van der Waals surface area contributed by atoms with Gasteiger partial charge in [0, 0.05) is 6.20 Å². The molecule has 3 aromatic rings. The Morgan fingerprint density at radius 3 is 2.46 bits per heavy atom. The van der Waals surface area contributed by atoms with E-state index in [0.717, 1.165) is 17.0 Å². The number of carbonyl (C=O) groups excluding carboxylic acids is 3. The average Bonchev–Trinajstić information content (AvgIpc) is 3.51. The minimum Gasteiger partial charge on any atom is -0.410 e. The van der Waals surface area contributed by atoms with Crippen LogP contribution in [0, 0.1) is 5.92 Å². The maximum Gasteiger partial charge on any atom is 0.501 e. The molecule has 2 unspecified atom stereocenters. The van der Waals surface area contributed by atoms with Gasteiger partial charge in [0.25, 0.3) is 15.7 Å². The summed E-state index contributed by atoms with van der Waals surface area (Å²) in [5.74, 6) is -0.627. The van der Waals surface area contributed by atoms with Gasteiger partial charge in [0.1, 0.15) is 11.3 Å². The second-order valence-corrected chi connectivity index (χ2v) is 10.9. The van der Waals surface area contributed by atoms with Crippen molar-refractivity contribution in [1.82, 2.24) is 10.3 Å². The van der Waals surface area contributed by atoms with Crippen LogP contribution < -0.4 is 20.3 Å². The third-order valence-electron chi connectivity index (χ3n) is 6.50. The van der Waals surface area contributed by atoms with Crippen LogP contribution in [0.1, 0.15) is 12.0 Å². The lowest BCUT2D eigenvalue weighted by atomic mass is 10.0. The molecule has 39 heavy (non-hydrogen) atoms. The number of imide groups is 1. The summed E-state index contributed by atoms with van der Waals surface area (Å²) in [6, 6.07) is 12.6. The Balaban J connectivity index is 1.29. The minimum atomic E-state index is -5.58. The number of hydrogen-bond donors (Lipinski definition) is 2. The van der Waals surface area contributed by atoms with E-state index in [9.17, 15) is 36.0 Å². The molecule has 202 valence electrons. The fourth-order valence-electron chi connectivity index (χ4n) is 4.44. The zero-order chi connectivity index (χ0) is 28.0. The molecule has 2 atom stereocenters. The number of ether oxygens (including phenoxy) is 1. The molecule has 1 spiro atoms. The monoisotopic (exact) mass is 560 g/mol. The quantitative estimate of drug-likeness (QED) is 0.435. The summed E-state index contributed by atoms with van der Waals surface area (Å²) in [4.78, 5) is 42.0. The fraction of sp³-hybridized carbons (Fsp3) is 0.200. The third-order valence-corrected chi connectivity index (χ3v) is 8.00. The first-order chi connectivity index (χ1) is 18.4. The molecule has 1 saturated heterocycles. The molecule has 2 fully saturated rings. The summed E-state index contributed by atoms with van der Waals surface area (Å²) in [6.45, 7) is 0. The van der Waals surface area contributed by atoms with Gasteiger partial charge in [-0.25, -0.2) is 22.9 Å². The Labute approximate surface area is 219 Å². The van der Waals surface area contributed by atoms with E-state index < -0.39 is 43.8 Å². The number of para-hydroxylation sites is 1. The smallest absolute Gasteiger partial charge is 0.410 e. The summed E-state index contributed by atoms with van der Waals surface area (Å²) >= 11 is 0. The van der Waals surface area contributed by atoms with Gasteiger partial charge in [-0.05, 0) is 66.8 Å². The molecule has 0 radical (unpaired) electrons. The Hall–Kier alpha value is -4.46. The first kappa shape index (κ1) is 26.2. The zero-order valence-electron chi connectivity index (χ0n) is 19.8. The molecule has 1 aliphatic carbocycles. The van der Waals surface area contributed by atoms with E-state index in [-0.39, 0.29) is 24.4 Å². The van der Waals surface area contributed by atoms with Gasteiger partial charge in [-0.15, -0.1) is 0 Å². The minimum absolute atomic E-state index is 0.0731. The number of nitrogens with zero attached hydrogens (tertiary/aromatic N) is 2. The molecule has 5 rings (SSSR count). The highest BCUT2D eigenvalue weighted by molar-refractivity contribution is 7.92. The van der Waals surface area contributed by atoms with Crippen LogP contribution in [0.4, 0.5) is 34.1 Å². The van der Waals surface area contributed by atoms with E-state index >= 15 is 0 Å². The van der Waals surface area contributed by atoms with Crippen LogP contribution in [0.15, 0.2) is 78.0 Å². The summed E-state index contributed by atoms with van der Waals surface area (Å²) in [6.07, 6.45) is 2.76. The van der Waals surface area contributed by atoms with E-state index in [1.807, 2.05) is 0 Å². The van der Waals surface area contributed by atoms with Crippen molar-refractivity contribution in [3.63, 3.8) is 0 Å². The predicted octanol–water partition coefficient (Wildman–Crippen LogP) is 4.04. The molecule has 2 aliphatic rings. The number of benzene rings is 2. The third kappa shape index (κ3) is 4.78. The topological polar surface area (TPSA) is 135 Å². The maximum absolute atomic E-state index is 13.3. The largest absolute Gasteiger partial charge is 0.501 e. The van der Waals surface area contributed by atoms with Crippen molar-refractivity contribution in [2.24, 2.45) is 5.92 Å². The van der Waals surface area contributed by atoms with E-state index in [0.29, 0.717) is 29.1 Å². The lowest BCUT2D eigenvalue weighted by molar-refractivity contribution is -0.119. The highest BCUT2D eigenvalue weighted by atomic mass is 32.2. The number of nitrogens with one attached hydrogen (secondary N) is 2. The Morgan fingerprint density at radius 1 is 1.10 bits per heavy atom. The van der Waals surface area contributed by atoms with E-state index in [1.165, 1.54) is 12.4 Å². The van der Waals surface area contributed by atoms with Crippen LogP contribution in [-0.2, 0) is 21.1 Å². The molecule has 2 N–H and O–H groups in total. The van der Waals surface area contributed by atoms with Crippen molar-refractivity contribution in [2.45, 2.75) is 28.8 Å². The molecule has 2 aromatic carbocycles. The lowest BCUT2D eigenvalue weighted by Gasteiger charge is -2.15. The first-order valence-electron chi connectivity index (χ1n) is 11.5. The van der Waals surface area contributed by atoms with Crippen molar-refractivity contribution in [1.29, 1.82) is 0 Å². The molecule has 1 saturated carbocycles. The molecule has 0 bridgehead atoms. The summed E-state index contributed by atoms with van der Waals surface area (Å²) in [5.41, 5.74) is -5.80. The number of anilines is 2. The van der Waals surface area contributed by atoms with E-state index in [1.54, 1.807) is 36.4 Å². The van der Waals surface area contributed by atoms with Crippen LogP contribution in [0.25, 0.3) is 0 Å². The van der Waals surface area contributed by atoms with Crippen LogP contribution in [0.2, 0.25) is 0 Å². The number of halogens is 3. The Bertz CT molecular complexity index is 1560. The van der Waals surface area contributed by atoms with Gasteiger partial charge < -0.3 is 10.1 Å². The van der Waals surface area contributed by atoms with Crippen molar-refractivity contribution >= 4 is 39.2 Å². The van der Waals surface area contributed by atoms with Gasteiger partial charge in [0.2, 0.25) is 0 Å². The van der Waals surface area contributed by atoms with Gasteiger partial charge in [0.05, 0.1) is 22.5 Å². The van der Waals surface area contributed by atoms with Crippen molar-refractivity contribution in [3.8, 4) is 5.75 Å². The summed E-state index contributed by atoms with van der Waals surface area (Å²) < 4.78 is 66.9. The fourth-order valence-corrected chi connectivity index (χ4v) is 5.20. The first-order valence-corrected chi connectivity index (χ1v) is 13.0. The number of sulfone groups is 1. The van der Waals surface area contributed by atoms with Gasteiger partial charge in [-0.2, -0.15) is 13.2 Å². The number of amides is 4. The average molecular weight is 561 g/mol. The molecule has 10 nitrogen and oxygen atoms in total. The summed E-state index contributed by atoms with van der Waals surface area (Å²) in [7, 11) is -5.58. The molecule has 14 heteroatoms. The predicted molar refractivity (Wildman–Crippen MR) is 131 cm³/mol. The van der Waals surface area contributed by atoms with Gasteiger partial charge >= 0.3 is 17.6 Å². The Kier molecular flexibility index (Phi) is 6.29. The van der Waals surface area contributed by atoms with E-state index in [4.69, 9.17) is 4.74 Å². The number of hydrogen-bond acceptors (Lipinski definition) is 7. The van der Waals surface area contributed by atoms with Crippen molar-refractivity contribution < 1.29 is 40.7 Å². The number of pyridine rings is 1. The highest BCUT2D eigenvalue weighted by Crippen LogP contribution is 2.50. The van der Waals surface area contributed by atoms with Gasteiger partial charge in [-0.3, -0.25) is 15.1 Å². The van der Waals surface area contributed by atoms with Crippen LogP contribution in [0.3, 0.4) is 0 Å². The zero-order valence-corrected chi connectivity index (χ0v) is 20.6. The Morgan fingerprint density at radius 2 is 1.79 bits per heavy atom. The second kappa shape index (κ2) is 9.38. The standard InChI is InChI=1S/C25H19F3N4O6S/c26-25(27,28)39(36,37)19-8-6-17(7-9-19)32-21(33)24(31-22(32)34)13-16(24)12-15-10-11-29-14-20(15)30-23(35)38-18-4-2-1-3-5-18/h1-11,14,16H,12-13H2,(H,30,35)(H,31,34). The van der Waals surface area contributed by atoms with Crippen molar-refractivity contribution in [3.05, 3.63) is 78.6 Å². The maximum atomic E-state index is 13.3. The number of aromatic nitrogens is 1. The number of carbonyl (C=O) groups is 3. The van der Waals surface area contributed by atoms with E-state index in [2.05, 4.69) is 15.6 Å². The molecule has 2 heterocycles. The number of rotatable bonds is 6. The van der Waals surface area contributed by atoms with Crippen LogP contribution in [-0.4, -0.2) is 42.5 Å². The summed E-state index contributed by atoms with van der Waals surface area (Å²) in [5, 5.41) is 5.26. The lowest BCUT2D eigenvalue weighted by Crippen LogP contribution is -2.35. The second-order valence-electron chi connectivity index (χ2n) is 8.95. The normalized spacial score (nSPS) is 20.6. The van der Waals surface area contributed by atoms with Gasteiger partial charge in [-0.1, -0.05) is 18.2 Å². The molecule has 4 amide bonds. The van der Waals surface area contributed by atoms with Crippen LogP contribution in [0.5, 0.6) is 5.75 Å². The number of urea groups is 1. The molecule has 1 aliphatic heterocycles. The molecule has 1 aromatic heterocycles. The number of alkyl halides is 3. The molecular weight excluding hydrogens is 541 g/mol. The molecular formula is C25H19F3N4O6S. The van der Waals surface area contributed by atoms with Crippen LogP contribution >= 0.6 is 0 Å². The van der Waals surface area contributed by atoms with Gasteiger partial charge in [0.15, 0.2) is 0 Å². The highest BCUT2D eigenvalue weighted by Gasteiger charge is 2.67.